The fourth-order valence-corrected chi connectivity index (χ4v) is 3.98. The molecule has 0 saturated heterocycles. The topological polar surface area (TPSA) is 60.2 Å². The summed E-state index contributed by atoms with van der Waals surface area (Å²) in [7, 11) is -3.64. The van der Waals surface area contributed by atoms with Crippen LogP contribution in [0.3, 0.4) is 0 Å². The minimum atomic E-state index is -3.64. The molecule has 0 amide bonds. The minimum Gasteiger partial charge on any atom is -0.398 e. The predicted octanol–water partition coefficient (Wildman–Crippen LogP) is 3.56. The summed E-state index contributed by atoms with van der Waals surface area (Å²) in [6.07, 6.45) is 0. The summed E-state index contributed by atoms with van der Waals surface area (Å²) >= 11 is 0. The molecule has 0 saturated carbocycles. The van der Waals surface area contributed by atoms with Gasteiger partial charge in [0.05, 0.1) is 10.6 Å². The maximum Gasteiger partial charge on any atom is 0.209 e. The number of nitrogen functional groups attached to an aromatic ring is 1. The highest BCUT2D eigenvalue weighted by molar-refractivity contribution is 7.92. The van der Waals surface area contributed by atoms with Crippen molar-refractivity contribution in [3.63, 3.8) is 0 Å². The molecule has 0 aliphatic heterocycles. The molecule has 0 aliphatic rings. The Morgan fingerprint density at radius 1 is 0.857 bits per heavy atom. The van der Waals surface area contributed by atoms with Crippen LogP contribution in [0, 0.1) is 6.92 Å². The van der Waals surface area contributed by atoms with Gasteiger partial charge in [0, 0.05) is 5.39 Å². The summed E-state index contributed by atoms with van der Waals surface area (Å²) < 4.78 is 25.8. The van der Waals surface area contributed by atoms with Gasteiger partial charge in [-0.05, 0) is 30.5 Å². The second-order valence-corrected chi connectivity index (χ2v) is 6.91. The van der Waals surface area contributed by atoms with E-state index in [1.54, 1.807) is 36.4 Å². The maximum absolute atomic E-state index is 12.9. The van der Waals surface area contributed by atoms with Gasteiger partial charge in [-0.1, -0.05) is 48.0 Å². The molecule has 3 aromatic carbocycles. The maximum atomic E-state index is 12.9. The molecule has 0 radical (unpaired) electrons. The fourth-order valence-electron chi connectivity index (χ4n) is 2.40. The van der Waals surface area contributed by atoms with Crippen molar-refractivity contribution in [1.82, 2.24) is 0 Å². The Labute approximate surface area is 124 Å². The van der Waals surface area contributed by atoms with Crippen molar-refractivity contribution in [1.29, 1.82) is 0 Å². The van der Waals surface area contributed by atoms with Crippen LogP contribution in [0.5, 0.6) is 0 Å². The first-order valence-electron chi connectivity index (χ1n) is 6.59. The highest BCUT2D eigenvalue weighted by atomic mass is 32.2. The summed E-state index contributed by atoms with van der Waals surface area (Å²) in [6.45, 7) is 1.92. The lowest BCUT2D eigenvalue weighted by Gasteiger charge is -2.11. The van der Waals surface area contributed by atoms with Gasteiger partial charge >= 0.3 is 0 Å². The fraction of sp³-hybridized carbons (Fsp3) is 0.0588. The first-order valence-corrected chi connectivity index (χ1v) is 8.07. The number of rotatable bonds is 2. The van der Waals surface area contributed by atoms with Crippen molar-refractivity contribution in [2.75, 3.05) is 5.73 Å². The third kappa shape index (κ3) is 2.28. The van der Waals surface area contributed by atoms with E-state index in [0.29, 0.717) is 5.39 Å². The number of hydrogen-bond donors (Lipinski definition) is 1. The largest absolute Gasteiger partial charge is 0.398 e. The number of sulfone groups is 1. The smallest absolute Gasteiger partial charge is 0.209 e. The van der Waals surface area contributed by atoms with Crippen LogP contribution in [0.25, 0.3) is 10.8 Å². The van der Waals surface area contributed by atoms with Crippen molar-refractivity contribution in [3.8, 4) is 0 Å². The van der Waals surface area contributed by atoms with Crippen LogP contribution in [0.4, 0.5) is 5.69 Å². The van der Waals surface area contributed by atoms with Crippen LogP contribution in [-0.2, 0) is 9.84 Å². The van der Waals surface area contributed by atoms with Gasteiger partial charge < -0.3 is 5.73 Å². The lowest BCUT2D eigenvalue weighted by atomic mass is 10.1. The highest BCUT2D eigenvalue weighted by Crippen LogP contribution is 2.33. The van der Waals surface area contributed by atoms with E-state index in [9.17, 15) is 8.42 Å². The van der Waals surface area contributed by atoms with Gasteiger partial charge in [-0.3, -0.25) is 0 Å². The van der Waals surface area contributed by atoms with E-state index in [1.807, 2.05) is 31.2 Å². The first kappa shape index (κ1) is 13.6. The average molecular weight is 297 g/mol. The molecule has 0 bridgehead atoms. The summed E-state index contributed by atoms with van der Waals surface area (Å²) in [5, 5.41) is 1.51. The molecule has 21 heavy (non-hydrogen) atoms. The van der Waals surface area contributed by atoms with E-state index in [2.05, 4.69) is 0 Å². The number of hydrogen-bond acceptors (Lipinski definition) is 3. The number of aryl methyl sites for hydroxylation is 1. The van der Waals surface area contributed by atoms with Gasteiger partial charge in [-0.15, -0.1) is 0 Å². The lowest BCUT2D eigenvalue weighted by molar-refractivity contribution is 0.597. The molecule has 3 aromatic rings. The molecule has 2 N–H and O–H groups in total. The quantitative estimate of drug-likeness (QED) is 0.736. The molecular weight excluding hydrogens is 282 g/mol. The Morgan fingerprint density at radius 2 is 1.52 bits per heavy atom. The molecule has 0 aliphatic carbocycles. The highest BCUT2D eigenvalue weighted by Gasteiger charge is 2.22. The van der Waals surface area contributed by atoms with E-state index in [-0.39, 0.29) is 15.5 Å². The van der Waals surface area contributed by atoms with Gasteiger partial charge in [0.25, 0.3) is 0 Å². The zero-order valence-electron chi connectivity index (χ0n) is 11.6. The van der Waals surface area contributed by atoms with Crippen LogP contribution in [0.1, 0.15) is 5.56 Å². The molecule has 0 unspecified atom stereocenters. The van der Waals surface area contributed by atoms with Gasteiger partial charge in [-0.2, -0.15) is 0 Å². The Kier molecular flexibility index (Phi) is 3.18. The second kappa shape index (κ2) is 4.90. The van der Waals surface area contributed by atoms with Gasteiger partial charge in [0.2, 0.25) is 9.84 Å². The third-order valence-electron chi connectivity index (χ3n) is 3.51. The van der Waals surface area contributed by atoms with E-state index in [1.165, 1.54) is 0 Å². The number of nitrogens with two attached hydrogens (primary N) is 1. The molecule has 106 valence electrons. The Balaban J connectivity index is 2.33. The number of anilines is 1. The van der Waals surface area contributed by atoms with Crippen molar-refractivity contribution in [2.24, 2.45) is 0 Å². The average Bonchev–Trinajstić information content (AvgIpc) is 2.47. The van der Waals surface area contributed by atoms with Crippen molar-refractivity contribution >= 4 is 26.3 Å². The first-order chi connectivity index (χ1) is 10.00. The Bertz CT molecular complexity index is 913. The summed E-state index contributed by atoms with van der Waals surface area (Å²) in [5.41, 5.74) is 7.25. The summed E-state index contributed by atoms with van der Waals surface area (Å²) in [4.78, 5) is 0.445. The molecule has 4 heteroatoms. The molecule has 3 nitrogen and oxygen atoms in total. The molecule has 0 heterocycles. The molecule has 0 atom stereocenters. The zero-order chi connectivity index (χ0) is 15.0. The van der Waals surface area contributed by atoms with Crippen LogP contribution in [0.15, 0.2) is 70.5 Å². The summed E-state index contributed by atoms with van der Waals surface area (Å²) in [6, 6.07) is 17.6. The Hall–Kier alpha value is -2.33. The van der Waals surface area contributed by atoms with E-state index < -0.39 is 9.84 Å². The summed E-state index contributed by atoms with van der Waals surface area (Å²) in [5.74, 6) is 0. The molecule has 0 fully saturated rings. The molecule has 3 rings (SSSR count). The van der Waals surface area contributed by atoms with Gasteiger partial charge in [0.15, 0.2) is 0 Å². The predicted molar refractivity (Wildman–Crippen MR) is 85.0 cm³/mol. The van der Waals surface area contributed by atoms with E-state index in [4.69, 9.17) is 5.73 Å². The zero-order valence-corrected chi connectivity index (χ0v) is 12.4. The van der Waals surface area contributed by atoms with Crippen LogP contribution < -0.4 is 5.73 Å². The van der Waals surface area contributed by atoms with Crippen LogP contribution >= 0.6 is 0 Å². The Morgan fingerprint density at radius 3 is 2.24 bits per heavy atom. The van der Waals surface area contributed by atoms with Gasteiger partial charge in [-0.25, -0.2) is 8.42 Å². The minimum absolute atomic E-state index is 0.185. The monoisotopic (exact) mass is 297 g/mol. The normalized spacial score (nSPS) is 11.7. The standard InChI is InChI=1S/C17H15NO2S/c1-12-6-9-14(10-7-12)21(19,20)17-15-5-3-2-4-13(15)8-11-16(17)18/h2-11H,18H2,1H3. The van der Waals surface area contributed by atoms with Crippen LogP contribution in [-0.4, -0.2) is 8.42 Å². The SMILES string of the molecule is Cc1ccc(S(=O)(=O)c2c(N)ccc3ccccc23)cc1. The molecule has 0 aromatic heterocycles. The number of benzene rings is 3. The molecular formula is C17H15NO2S. The molecule has 0 spiro atoms. The third-order valence-corrected chi connectivity index (χ3v) is 5.40. The van der Waals surface area contributed by atoms with Gasteiger partial charge in [0.1, 0.15) is 4.90 Å². The van der Waals surface area contributed by atoms with Crippen LogP contribution in [0.2, 0.25) is 0 Å². The van der Waals surface area contributed by atoms with E-state index >= 15 is 0 Å². The van der Waals surface area contributed by atoms with Crippen molar-refractivity contribution in [2.45, 2.75) is 16.7 Å². The van der Waals surface area contributed by atoms with Crippen molar-refractivity contribution < 1.29 is 8.42 Å². The van der Waals surface area contributed by atoms with Crippen molar-refractivity contribution in [3.05, 3.63) is 66.2 Å². The lowest BCUT2D eigenvalue weighted by Crippen LogP contribution is -2.06. The second-order valence-electron chi connectivity index (χ2n) is 5.02. The van der Waals surface area contributed by atoms with E-state index in [0.717, 1.165) is 10.9 Å². The number of fused-ring (bicyclic) bond motifs is 1.